The Morgan fingerprint density at radius 3 is 2.65 bits per heavy atom. The summed E-state index contributed by atoms with van der Waals surface area (Å²) in [6.07, 6.45) is 0.865. The van der Waals surface area contributed by atoms with Gasteiger partial charge in [-0.25, -0.2) is 0 Å². The molecule has 1 aromatic carbocycles. The van der Waals surface area contributed by atoms with Gasteiger partial charge in [0.25, 0.3) is 5.91 Å². The van der Waals surface area contributed by atoms with Gasteiger partial charge >= 0.3 is 0 Å². The number of carbonyl (C=O) groups is 1. The highest BCUT2D eigenvalue weighted by Gasteiger charge is 2.20. The molecular formula is C19H22N2O2. The molecular weight excluding hydrogens is 288 g/mol. The molecule has 0 fully saturated rings. The van der Waals surface area contributed by atoms with E-state index < -0.39 is 0 Å². The maximum absolute atomic E-state index is 12.5. The van der Waals surface area contributed by atoms with Crippen molar-refractivity contribution in [1.29, 1.82) is 0 Å². The van der Waals surface area contributed by atoms with E-state index in [1.807, 2.05) is 51.1 Å². The van der Waals surface area contributed by atoms with Gasteiger partial charge in [-0.2, -0.15) is 0 Å². The molecule has 2 rings (SSSR count). The van der Waals surface area contributed by atoms with Gasteiger partial charge in [-0.3, -0.25) is 4.79 Å². The summed E-state index contributed by atoms with van der Waals surface area (Å²) >= 11 is 0. The number of carbonyl (C=O) groups excluding carboxylic acids is 1. The predicted octanol–water partition coefficient (Wildman–Crippen LogP) is 3.70. The molecule has 0 radical (unpaired) electrons. The number of rotatable bonds is 5. The molecule has 0 bridgehead atoms. The van der Waals surface area contributed by atoms with E-state index in [0.717, 1.165) is 17.7 Å². The van der Waals surface area contributed by atoms with Crippen molar-refractivity contribution in [3.05, 3.63) is 53.4 Å². The Morgan fingerprint density at radius 1 is 1.30 bits per heavy atom. The fourth-order valence-corrected chi connectivity index (χ4v) is 2.10. The van der Waals surface area contributed by atoms with Crippen molar-refractivity contribution in [3.63, 3.8) is 0 Å². The van der Waals surface area contributed by atoms with Crippen LogP contribution in [0.3, 0.4) is 0 Å². The highest BCUT2D eigenvalue weighted by Crippen LogP contribution is 2.15. The van der Waals surface area contributed by atoms with Crippen LogP contribution in [0.1, 0.15) is 54.9 Å². The molecule has 2 aromatic rings. The molecule has 1 aromatic heterocycles. The van der Waals surface area contributed by atoms with Gasteiger partial charge in [0.2, 0.25) is 5.76 Å². The minimum absolute atomic E-state index is 0.159. The Hall–Kier alpha value is -2.54. The van der Waals surface area contributed by atoms with Gasteiger partial charge in [-0.15, -0.1) is 0 Å². The summed E-state index contributed by atoms with van der Waals surface area (Å²) in [4.78, 5) is 14.2. The first-order chi connectivity index (χ1) is 11.1. The van der Waals surface area contributed by atoms with Crippen molar-refractivity contribution in [2.24, 2.45) is 0 Å². The van der Waals surface area contributed by atoms with Crippen molar-refractivity contribution >= 4 is 5.91 Å². The van der Waals surface area contributed by atoms with Crippen LogP contribution in [0.4, 0.5) is 0 Å². The number of aromatic nitrogens is 1. The van der Waals surface area contributed by atoms with Crippen molar-refractivity contribution in [3.8, 4) is 11.8 Å². The summed E-state index contributed by atoms with van der Waals surface area (Å²) < 4.78 is 5.19. The molecule has 0 unspecified atom stereocenters. The van der Waals surface area contributed by atoms with Crippen LogP contribution >= 0.6 is 0 Å². The molecule has 0 saturated heterocycles. The first kappa shape index (κ1) is 16.8. The average Bonchev–Trinajstić information content (AvgIpc) is 3.05. The molecule has 1 heterocycles. The Kier molecular flexibility index (Phi) is 5.99. The maximum Gasteiger partial charge on any atom is 0.293 e. The Balaban J connectivity index is 2.08. The fraction of sp³-hybridized carbons (Fsp3) is 0.368. The SMILES string of the molecule is CCCN(CC#Cc1ccccc1)C(=O)c1cc(C(C)C)no1. The maximum atomic E-state index is 12.5. The van der Waals surface area contributed by atoms with E-state index in [4.69, 9.17) is 4.52 Å². The second kappa shape index (κ2) is 8.19. The van der Waals surface area contributed by atoms with Crippen molar-refractivity contribution in [1.82, 2.24) is 10.1 Å². The third-order valence-electron chi connectivity index (χ3n) is 3.39. The molecule has 4 heteroatoms. The van der Waals surface area contributed by atoms with E-state index in [1.165, 1.54) is 0 Å². The first-order valence-electron chi connectivity index (χ1n) is 7.91. The number of hydrogen-bond donors (Lipinski definition) is 0. The summed E-state index contributed by atoms with van der Waals surface area (Å²) in [6.45, 7) is 7.08. The summed E-state index contributed by atoms with van der Waals surface area (Å²) in [6, 6.07) is 11.5. The molecule has 0 aliphatic carbocycles. The van der Waals surface area contributed by atoms with E-state index >= 15 is 0 Å². The van der Waals surface area contributed by atoms with Crippen LogP contribution < -0.4 is 0 Å². The minimum Gasteiger partial charge on any atom is -0.351 e. The van der Waals surface area contributed by atoms with Crippen LogP contribution in [0, 0.1) is 11.8 Å². The van der Waals surface area contributed by atoms with Gasteiger partial charge in [0.1, 0.15) is 0 Å². The van der Waals surface area contributed by atoms with E-state index in [1.54, 1.807) is 11.0 Å². The standard InChI is InChI=1S/C19H22N2O2/c1-4-12-21(13-8-11-16-9-6-5-7-10-16)19(22)18-14-17(15(2)3)20-23-18/h5-7,9-10,14-15H,4,12-13H2,1-3H3. The van der Waals surface area contributed by atoms with Gasteiger partial charge in [0.05, 0.1) is 12.2 Å². The smallest absolute Gasteiger partial charge is 0.293 e. The van der Waals surface area contributed by atoms with Gasteiger partial charge < -0.3 is 9.42 Å². The van der Waals surface area contributed by atoms with E-state index in [0.29, 0.717) is 13.1 Å². The van der Waals surface area contributed by atoms with Crippen LogP contribution in [-0.2, 0) is 0 Å². The molecule has 1 amide bonds. The monoisotopic (exact) mass is 310 g/mol. The zero-order valence-electron chi connectivity index (χ0n) is 13.9. The molecule has 0 aliphatic heterocycles. The highest BCUT2D eigenvalue weighted by atomic mass is 16.5. The van der Waals surface area contributed by atoms with Crippen molar-refractivity contribution in [2.75, 3.05) is 13.1 Å². The summed E-state index contributed by atoms with van der Waals surface area (Å²) in [5.41, 5.74) is 1.73. The highest BCUT2D eigenvalue weighted by molar-refractivity contribution is 5.91. The quantitative estimate of drug-likeness (QED) is 0.791. The second-order valence-corrected chi connectivity index (χ2v) is 5.67. The Bertz CT molecular complexity index is 693. The zero-order valence-corrected chi connectivity index (χ0v) is 13.9. The van der Waals surface area contributed by atoms with Crippen LogP contribution in [0.25, 0.3) is 0 Å². The molecule has 0 spiro atoms. The largest absolute Gasteiger partial charge is 0.351 e. The number of nitrogens with zero attached hydrogens (tertiary/aromatic N) is 2. The van der Waals surface area contributed by atoms with Gasteiger partial charge in [-0.1, -0.05) is 56.0 Å². The van der Waals surface area contributed by atoms with Crippen molar-refractivity contribution < 1.29 is 9.32 Å². The Morgan fingerprint density at radius 2 is 2.04 bits per heavy atom. The van der Waals surface area contributed by atoms with Crippen molar-refractivity contribution in [2.45, 2.75) is 33.1 Å². The first-order valence-corrected chi connectivity index (χ1v) is 7.91. The number of amides is 1. The topological polar surface area (TPSA) is 46.3 Å². The lowest BCUT2D eigenvalue weighted by Gasteiger charge is -2.17. The molecule has 23 heavy (non-hydrogen) atoms. The predicted molar refractivity (Wildman–Crippen MR) is 90.1 cm³/mol. The minimum atomic E-state index is -0.159. The second-order valence-electron chi connectivity index (χ2n) is 5.67. The summed E-state index contributed by atoms with van der Waals surface area (Å²) in [5.74, 6) is 6.49. The molecule has 0 atom stereocenters. The van der Waals surface area contributed by atoms with Crippen LogP contribution in [-0.4, -0.2) is 29.1 Å². The third-order valence-corrected chi connectivity index (χ3v) is 3.39. The Labute approximate surface area is 137 Å². The van der Waals surface area contributed by atoms with Crippen LogP contribution in [0.5, 0.6) is 0 Å². The van der Waals surface area contributed by atoms with E-state index in [2.05, 4.69) is 17.0 Å². The molecule has 120 valence electrons. The zero-order chi connectivity index (χ0) is 16.7. The van der Waals surface area contributed by atoms with E-state index in [-0.39, 0.29) is 17.6 Å². The third kappa shape index (κ3) is 4.72. The van der Waals surface area contributed by atoms with Gasteiger partial charge in [0, 0.05) is 18.2 Å². The number of hydrogen-bond acceptors (Lipinski definition) is 3. The molecule has 0 aliphatic rings. The van der Waals surface area contributed by atoms with Gasteiger partial charge in [-0.05, 0) is 24.5 Å². The normalized spacial score (nSPS) is 10.3. The lowest BCUT2D eigenvalue weighted by Crippen LogP contribution is -2.31. The summed E-state index contributed by atoms with van der Waals surface area (Å²) in [7, 11) is 0. The van der Waals surface area contributed by atoms with Crippen LogP contribution in [0.2, 0.25) is 0 Å². The van der Waals surface area contributed by atoms with E-state index in [9.17, 15) is 4.79 Å². The molecule has 0 saturated carbocycles. The van der Waals surface area contributed by atoms with Crippen LogP contribution in [0.15, 0.2) is 40.9 Å². The molecule has 4 nitrogen and oxygen atoms in total. The average molecular weight is 310 g/mol. The fourth-order valence-electron chi connectivity index (χ4n) is 2.10. The lowest BCUT2D eigenvalue weighted by atomic mass is 10.1. The molecule has 0 N–H and O–H groups in total. The number of benzene rings is 1. The summed E-state index contributed by atoms with van der Waals surface area (Å²) in [5, 5.41) is 3.95. The lowest BCUT2D eigenvalue weighted by molar-refractivity contribution is 0.0735. The van der Waals surface area contributed by atoms with Gasteiger partial charge in [0.15, 0.2) is 0 Å².